The van der Waals surface area contributed by atoms with Crippen LogP contribution in [0.1, 0.15) is 28.6 Å². The summed E-state index contributed by atoms with van der Waals surface area (Å²) in [5.74, 6) is -0.853. The predicted octanol–water partition coefficient (Wildman–Crippen LogP) is 2.35. The average molecular weight is 358 g/mol. The Balaban J connectivity index is 1.87. The summed E-state index contributed by atoms with van der Waals surface area (Å²) in [5, 5.41) is 6.10. The summed E-state index contributed by atoms with van der Waals surface area (Å²) in [7, 11) is 1.30. The third-order valence-corrected chi connectivity index (χ3v) is 3.29. The van der Waals surface area contributed by atoms with Crippen LogP contribution in [0.3, 0.4) is 0 Å². The summed E-state index contributed by atoms with van der Waals surface area (Å²) in [5.41, 5.74) is 1.09. The summed E-state index contributed by atoms with van der Waals surface area (Å²) in [6.07, 6.45) is 1.69. The van der Waals surface area contributed by atoms with Crippen LogP contribution in [0.5, 0.6) is 0 Å². The number of rotatable bonds is 6. The van der Waals surface area contributed by atoms with E-state index in [1.807, 2.05) is 0 Å². The number of benzene rings is 1. The number of hydrogen-bond acceptors (Lipinski definition) is 7. The Bertz CT molecular complexity index is 822. The van der Waals surface area contributed by atoms with Crippen molar-refractivity contribution in [2.75, 3.05) is 12.4 Å². The van der Waals surface area contributed by atoms with Crippen LogP contribution >= 0.6 is 0 Å². The van der Waals surface area contributed by atoms with Crippen molar-refractivity contribution in [3.63, 3.8) is 0 Å². The van der Waals surface area contributed by atoms with Crippen LogP contribution in [-0.4, -0.2) is 36.2 Å². The van der Waals surface area contributed by atoms with Gasteiger partial charge in [-0.1, -0.05) is 17.3 Å². The van der Waals surface area contributed by atoms with E-state index < -0.39 is 23.9 Å². The van der Waals surface area contributed by atoms with Gasteiger partial charge in [-0.15, -0.1) is 0 Å². The van der Waals surface area contributed by atoms with Crippen LogP contribution in [0, 0.1) is 6.92 Å². The molecule has 136 valence electrons. The molecule has 0 saturated carbocycles. The molecule has 2 aromatic rings. The molecule has 0 aliphatic carbocycles. The van der Waals surface area contributed by atoms with Gasteiger partial charge in [0.15, 0.2) is 11.9 Å². The molecule has 1 aromatic heterocycles. The van der Waals surface area contributed by atoms with Crippen LogP contribution in [0.2, 0.25) is 0 Å². The summed E-state index contributed by atoms with van der Waals surface area (Å²) >= 11 is 0. The number of aryl methyl sites for hydroxylation is 1. The van der Waals surface area contributed by atoms with Gasteiger partial charge < -0.3 is 19.3 Å². The van der Waals surface area contributed by atoms with E-state index in [0.717, 1.165) is 0 Å². The van der Waals surface area contributed by atoms with Crippen LogP contribution in [0.4, 0.5) is 5.82 Å². The molecule has 1 atom stereocenters. The highest BCUT2D eigenvalue weighted by molar-refractivity contribution is 5.96. The van der Waals surface area contributed by atoms with Crippen LogP contribution in [0.25, 0.3) is 6.08 Å². The topological polar surface area (TPSA) is 108 Å². The monoisotopic (exact) mass is 358 g/mol. The Morgan fingerprint density at radius 2 is 1.92 bits per heavy atom. The molecule has 0 aliphatic rings. The van der Waals surface area contributed by atoms with E-state index >= 15 is 0 Å². The highest BCUT2D eigenvalue weighted by atomic mass is 16.5. The highest BCUT2D eigenvalue weighted by Crippen LogP contribution is 2.09. The van der Waals surface area contributed by atoms with E-state index in [2.05, 4.69) is 15.2 Å². The number of nitrogens with one attached hydrogen (secondary N) is 1. The van der Waals surface area contributed by atoms with Gasteiger partial charge in [-0.2, -0.15) is 0 Å². The number of anilines is 1. The molecule has 1 N–H and O–H groups in total. The smallest absolute Gasteiger partial charge is 0.337 e. The molecule has 8 heteroatoms. The molecule has 8 nitrogen and oxygen atoms in total. The van der Waals surface area contributed by atoms with Crippen LogP contribution in [-0.2, 0) is 19.1 Å². The second-order valence-corrected chi connectivity index (χ2v) is 5.34. The predicted molar refractivity (Wildman–Crippen MR) is 92.2 cm³/mol. The van der Waals surface area contributed by atoms with Gasteiger partial charge in [0.2, 0.25) is 0 Å². The second kappa shape index (κ2) is 8.61. The van der Waals surface area contributed by atoms with Crippen molar-refractivity contribution in [1.82, 2.24) is 5.16 Å². The molecule has 26 heavy (non-hydrogen) atoms. The lowest BCUT2D eigenvalue weighted by atomic mass is 10.1. The van der Waals surface area contributed by atoms with Gasteiger partial charge in [-0.3, -0.25) is 4.79 Å². The fourth-order valence-corrected chi connectivity index (χ4v) is 1.93. The number of nitrogens with zero attached hydrogens (tertiary/aromatic N) is 1. The number of aromatic nitrogens is 1. The van der Waals surface area contributed by atoms with E-state index in [4.69, 9.17) is 9.26 Å². The zero-order chi connectivity index (χ0) is 19.1. The normalized spacial score (nSPS) is 11.8. The fourth-order valence-electron chi connectivity index (χ4n) is 1.93. The summed E-state index contributed by atoms with van der Waals surface area (Å²) < 4.78 is 14.5. The number of amides is 1. The maximum atomic E-state index is 11.9. The minimum atomic E-state index is -1.01. The van der Waals surface area contributed by atoms with E-state index in [-0.39, 0.29) is 5.82 Å². The minimum Gasteiger partial charge on any atom is -0.465 e. The van der Waals surface area contributed by atoms with Crippen LogP contribution in [0.15, 0.2) is 40.9 Å². The summed E-state index contributed by atoms with van der Waals surface area (Å²) in [4.78, 5) is 35.1. The van der Waals surface area contributed by atoms with Crippen molar-refractivity contribution in [2.24, 2.45) is 0 Å². The van der Waals surface area contributed by atoms with Crippen molar-refractivity contribution < 1.29 is 28.4 Å². The number of carbonyl (C=O) groups is 3. The molecule has 1 amide bonds. The van der Waals surface area contributed by atoms with E-state index in [1.165, 1.54) is 26.2 Å². The lowest BCUT2D eigenvalue weighted by Gasteiger charge is -2.10. The van der Waals surface area contributed by atoms with Gasteiger partial charge in [0.25, 0.3) is 5.91 Å². The Morgan fingerprint density at radius 1 is 1.23 bits per heavy atom. The number of methoxy groups -OCH3 is 1. The molecular formula is C18H18N2O6. The highest BCUT2D eigenvalue weighted by Gasteiger charge is 2.18. The third-order valence-electron chi connectivity index (χ3n) is 3.29. The number of carbonyl (C=O) groups excluding carboxylic acids is 3. The van der Waals surface area contributed by atoms with Gasteiger partial charge in [0, 0.05) is 12.1 Å². The first kappa shape index (κ1) is 18.9. The van der Waals surface area contributed by atoms with Gasteiger partial charge in [-0.05, 0) is 37.6 Å². The standard InChI is InChI=1S/C18H18N2O6/c1-11-10-15(20-26-11)19-17(22)12(2)25-16(21)9-6-13-4-7-14(8-5-13)18(23)24-3/h4-10,12H,1-3H3,(H,19,20,22)/b9-6+/t12-/m1/s1. The molecule has 0 spiro atoms. The maximum absolute atomic E-state index is 11.9. The minimum absolute atomic E-state index is 0.247. The van der Waals surface area contributed by atoms with E-state index in [0.29, 0.717) is 16.9 Å². The first-order valence-corrected chi connectivity index (χ1v) is 7.70. The maximum Gasteiger partial charge on any atom is 0.337 e. The van der Waals surface area contributed by atoms with Gasteiger partial charge in [-0.25, -0.2) is 9.59 Å². The van der Waals surface area contributed by atoms with E-state index in [9.17, 15) is 14.4 Å². The lowest BCUT2D eigenvalue weighted by Crippen LogP contribution is -2.29. The Morgan fingerprint density at radius 3 is 2.50 bits per heavy atom. The zero-order valence-electron chi connectivity index (χ0n) is 14.5. The van der Waals surface area contributed by atoms with Crippen molar-refractivity contribution in [1.29, 1.82) is 0 Å². The molecule has 0 aliphatic heterocycles. The van der Waals surface area contributed by atoms with E-state index in [1.54, 1.807) is 37.3 Å². The SMILES string of the molecule is COC(=O)c1ccc(/C=C/C(=O)O[C@H](C)C(=O)Nc2cc(C)on2)cc1. The third kappa shape index (κ3) is 5.30. The zero-order valence-corrected chi connectivity index (χ0v) is 14.5. The molecule has 1 heterocycles. The van der Waals surface area contributed by atoms with Gasteiger partial charge >= 0.3 is 11.9 Å². The van der Waals surface area contributed by atoms with Crippen molar-refractivity contribution in [3.05, 3.63) is 53.3 Å². The average Bonchev–Trinajstić information content (AvgIpc) is 3.04. The first-order chi connectivity index (χ1) is 12.4. The number of ether oxygens (including phenoxy) is 2. The van der Waals surface area contributed by atoms with Crippen molar-refractivity contribution in [2.45, 2.75) is 20.0 Å². The summed E-state index contributed by atoms with van der Waals surface area (Å²) in [6.45, 7) is 3.13. The number of hydrogen-bond donors (Lipinski definition) is 1. The Hall–Kier alpha value is -3.42. The quantitative estimate of drug-likeness (QED) is 0.624. The van der Waals surface area contributed by atoms with Gasteiger partial charge in [0.1, 0.15) is 5.76 Å². The first-order valence-electron chi connectivity index (χ1n) is 7.70. The largest absolute Gasteiger partial charge is 0.465 e. The molecule has 2 rings (SSSR count). The molecular weight excluding hydrogens is 340 g/mol. The fraction of sp³-hybridized carbons (Fsp3) is 0.222. The van der Waals surface area contributed by atoms with Crippen molar-refractivity contribution >= 4 is 29.7 Å². The molecule has 0 fully saturated rings. The van der Waals surface area contributed by atoms with Gasteiger partial charge in [0.05, 0.1) is 12.7 Å². The van der Waals surface area contributed by atoms with Crippen LogP contribution < -0.4 is 5.32 Å². The molecule has 0 unspecified atom stereocenters. The molecule has 0 radical (unpaired) electrons. The Kier molecular flexibility index (Phi) is 6.26. The molecule has 0 bridgehead atoms. The Labute approximate surface area is 149 Å². The molecule has 1 aromatic carbocycles. The summed E-state index contributed by atoms with van der Waals surface area (Å²) in [6, 6.07) is 8.00. The van der Waals surface area contributed by atoms with Crippen molar-refractivity contribution in [3.8, 4) is 0 Å². The number of esters is 2. The lowest BCUT2D eigenvalue weighted by molar-refractivity contribution is -0.148. The second-order valence-electron chi connectivity index (χ2n) is 5.34. The molecule has 0 saturated heterocycles.